The molecule has 0 N–H and O–H groups in total. The second-order valence-corrected chi connectivity index (χ2v) is 14.2. The van der Waals surface area contributed by atoms with Gasteiger partial charge in [-0.3, -0.25) is 14.4 Å². The number of ketones is 2. The molecule has 5 rings (SSSR count). The van der Waals surface area contributed by atoms with Crippen LogP contribution in [0.4, 0.5) is 0 Å². The highest BCUT2D eigenvalue weighted by molar-refractivity contribution is 6.64. The number of nitriles is 1. The van der Waals surface area contributed by atoms with Gasteiger partial charge in [0, 0.05) is 22.7 Å². The Hall–Kier alpha value is -1.73. The van der Waals surface area contributed by atoms with Crippen LogP contribution in [-0.4, -0.2) is 16.8 Å². The Morgan fingerprint density at radius 3 is 2.31 bits per heavy atom. The van der Waals surface area contributed by atoms with Gasteiger partial charge in [0.25, 0.3) is 0 Å². The third-order valence-electron chi connectivity index (χ3n) is 11.9. The van der Waals surface area contributed by atoms with Gasteiger partial charge >= 0.3 is 0 Å². The maximum Gasteiger partial charge on any atom is 0.228 e. The number of hydrogen-bond donors (Lipinski definition) is 0. The predicted octanol–water partition coefficient (Wildman–Crippen LogP) is 6.58. The molecule has 0 saturated heterocycles. The fraction of sp³-hybridized carbons (Fsp3) is 0.733. The quantitative estimate of drug-likeness (QED) is 0.385. The van der Waals surface area contributed by atoms with Gasteiger partial charge < -0.3 is 0 Å². The van der Waals surface area contributed by atoms with Crippen molar-refractivity contribution in [1.29, 1.82) is 5.26 Å². The molecule has 0 spiro atoms. The van der Waals surface area contributed by atoms with Crippen LogP contribution in [0, 0.1) is 62.1 Å². The van der Waals surface area contributed by atoms with Crippen molar-refractivity contribution in [2.75, 3.05) is 0 Å². The van der Waals surface area contributed by atoms with Crippen LogP contribution in [-0.2, 0) is 14.4 Å². The molecule has 0 radical (unpaired) electrons. The van der Waals surface area contributed by atoms with E-state index in [-0.39, 0.29) is 62.3 Å². The number of carbonyl (C=O) groups excluding carboxylic acids is 3. The van der Waals surface area contributed by atoms with E-state index in [0.29, 0.717) is 0 Å². The largest absolute Gasteiger partial charge is 0.295 e. The van der Waals surface area contributed by atoms with Crippen LogP contribution in [0.3, 0.4) is 0 Å². The van der Waals surface area contributed by atoms with Crippen LogP contribution < -0.4 is 0 Å². The van der Waals surface area contributed by atoms with Gasteiger partial charge in [-0.2, -0.15) is 5.26 Å². The highest BCUT2D eigenvalue weighted by Crippen LogP contribution is 2.74. The number of Topliss-reactive ketones (excluding diaryl/α,β-unsaturated/α-hetero) is 1. The Balaban J connectivity index is 1.70. The molecule has 0 aromatic rings. The van der Waals surface area contributed by atoms with E-state index in [0.717, 1.165) is 50.5 Å². The summed E-state index contributed by atoms with van der Waals surface area (Å²) in [7, 11) is 0. The van der Waals surface area contributed by atoms with Gasteiger partial charge in [-0.05, 0) is 90.7 Å². The number of allylic oxidation sites excluding steroid dienone is 4. The van der Waals surface area contributed by atoms with Gasteiger partial charge in [-0.15, -0.1) is 0 Å². The van der Waals surface area contributed by atoms with Crippen molar-refractivity contribution in [2.24, 2.45) is 50.7 Å². The van der Waals surface area contributed by atoms with Crippen LogP contribution in [0.1, 0.15) is 86.5 Å². The minimum atomic E-state index is -0.612. The fourth-order valence-corrected chi connectivity index (χ4v) is 9.93. The molecule has 5 heteroatoms. The molecule has 0 bridgehead atoms. The minimum Gasteiger partial charge on any atom is -0.295 e. The van der Waals surface area contributed by atoms with Crippen molar-refractivity contribution in [1.82, 2.24) is 0 Å². The van der Waals surface area contributed by atoms with E-state index >= 15 is 0 Å². The summed E-state index contributed by atoms with van der Waals surface area (Å²) in [5, 5.41) is 9.46. The van der Waals surface area contributed by atoms with E-state index in [1.54, 1.807) is 0 Å². The van der Waals surface area contributed by atoms with E-state index in [4.69, 9.17) is 11.6 Å². The topological polar surface area (TPSA) is 75.0 Å². The molecular weight excluding hydrogens is 458 g/mol. The Morgan fingerprint density at radius 2 is 1.69 bits per heavy atom. The normalized spacial score (nSPS) is 48.3. The molecular formula is C30H38ClNO3. The van der Waals surface area contributed by atoms with Gasteiger partial charge in [0.1, 0.15) is 6.07 Å². The molecule has 8 atom stereocenters. The van der Waals surface area contributed by atoms with Crippen LogP contribution in [0.15, 0.2) is 23.3 Å². The highest BCUT2D eigenvalue weighted by atomic mass is 35.5. The Bertz CT molecular complexity index is 1140. The van der Waals surface area contributed by atoms with Crippen molar-refractivity contribution in [2.45, 2.75) is 86.5 Å². The Kier molecular flexibility index (Phi) is 5.28. The summed E-state index contributed by atoms with van der Waals surface area (Å²) in [6.07, 6.45) is 9.61. The summed E-state index contributed by atoms with van der Waals surface area (Å²) in [6, 6.07) is 2.14. The molecule has 3 fully saturated rings. The first kappa shape index (κ1) is 24.9. The molecule has 35 heavy (non-hydrogen) atoms. The zero-order valence-electron chi connectivity index (χ0n) is 22.0. The van der Waals surface area contributed by atoms with E-state index in [1.807, 2.05) is 19.1 Å². The van der Waals surface area contributed by atoms with E-state index in [1.165, 1.54) is 0 Å². The second kappa shape index (κ2) is 7.41. The summed E-state index contributed by atoms with van der Waals surface area (Å²) in [5.41, 5.74) is -0.283. The zero-order chi connectivity index (χ0) is 25.8. The molecule has 0 amide bonds. The van der Waals surface area contributed by atoms with Crippen molar-refractivity contribution in [3.8, 4) is 6.07 Å². The van der Waals surface area contributed by atoms with Gasteiger partial charge in [-0.1, -0.05) is 53.2 Å². The summed E-state index contributed by atoms with van der Waals surface area (Å²) in [5.74, 6) is -0.409. The number of halogens is 1. The van der Waals surface area contributed by atoms with Crippen molar-refractivity contribution >= 4 is 28.4 Å². The first-order chi connectivity index (χ1) is 16.2. The number of rotatable bonds is 1. The second-order valence-electron chi connectivity index (χ2n) is 13.8. The lowest BCUT2D eigenvalue weighted by Crippen LogP contribution is -2.65. The Morgan fingerprint density at radius 1 is 1.03 bits per heavy atom. The maximum atomic E-state index is 14.2. The SMILES string of the molecule is CC1C(=O)C(C#N)=CC2(C)C3=CC(=O)C4C5CC(C)(C)CCC5(C(=O)Cl)CC[C@@]4(C)C3(C)CCC12. The summed E-state index contributed by atoms with van der Waals surface area (Å²) < 4.78 is 0. The van der Waals surface area contributed by atoms with Gasteiger partial charge in [0.05, 0.1) is 5.57 Å². The van der Waals surface area contributed by atoms with Gasteiger partial charge in [0.15, 0.2) is 11.6 Å². The smallest absolute Gasteiger partial charge is 0.228 e. The summed E-state index contributed by atoms with van der Waals surface area (Å²) in [4.78, 5) is 40.0. The van der Waals surface area contributed by atoms with Crippen molar-refractivity contribution in [3.63, 3.8) is 0 Å². The summed E-state index contributed by atoms with van der Waals surface area (Å²) >= 11 is 6.35. The molecule has 0 aromatic carbocycles. The van der Waals surface area contributed by atoms with Gasteiger partial charge in [-0.25, -0.2) is 0 Å². The van der Waals surface area contributed by atoms with Crippen molar-refractivity contribution < 1.29 is 14.4 Å². The molecule has 3 saturated carbocycles. The summed E-state index contributed by atoms with van der Waals surface area (Å²) in [6.45, 7) is 13.2. The third-order valence-corrected chi connectivity index (χ3v) is 12.3. The molecule has 188 valence electrons. The third kappa shape index (κ3) is 3.00. The van der Waals surface area contributed by atoms with Crippen LogP contribution in [0.25, 0.3) is 0 Å². The number of nitrogens with zero attached hydrogens (tertiary/aromatic N) is 1. The van der Waals surface area contributed by atoms with Crippen LogP contribution in [0.5, 0.6) is 0 Å². The first-order valence-corrected chi connectivity index (χ1v) is 13.7. The van der Waals surface area contributed by atoms with Crippen LogP contribution >= 0.6 is 11.6 Å². The highest BCUT2D eigenvalue weighted by Gasteiger charge is 2.69. The minimum absolute atomic E-state index is 0.0558. The molecule has 0 aliphatic heterocycles. The maximum absolute atomic E-state index is 14.2. The van der Waals surface area contributed by atoms with E-state index in [2.05, 4.69) is 40.7 Å². The molecule has 0 heterocycles. The molecule has 5 aliphatic carbocycles. The van der Waals surface area contributed by atoms with E-state index < -0.39 is 10.8 Å². The predicted molar refractivity (Wildman–Crippen MR) is 135 cm³/mol. The number of fused-ring (bicyclic) bond motifs is 7. The fourth-order valence-electron chi connectivity index (χ4n) is 9.60. The first-order valence-electron chi connectivity index (χ1n) is 13.3. The number of carbonyl (C=O) groups is 3. The molecule has 4 nitrogen and oxygen atoms in total. The molecule has 5 aliphatic rings. The Labute approximate surface area is 214 Å². The average molecular weight is 496 g/mol. The monoisotopic (exact) mass is 495 g/mol. The lowest BCUT2D eigenvalue weighted by molar-refractivity contribution is -0.172. The lowest BCUT2D eigenvalue weighted by atomic mass is 9.35. The number of hydrogen-bond acceptors (Lipinski definition) is 4. The molecule has 7 unspecified atom stereocenters. The molecule has 0 aromatic heterocycles. The van der Waals surface area contributed by atoms with Gasteiger partial charge in [0.2, 0.25) is 5.24 Å². The zero-order valence-corrected chi connectivity index (χ0v) is 22.7. The standard InChI is InChI=1S/C30H38ClNO3/c1-17-19-7-8-28(5)22(27(19,4)14-18(16-32)24(17)34)13-21(33)23-20-15-26(2,3)9-11-30(20,25(31)35)12-10-29(23,28)6/h13-14,17,19-20,23H,7-12,15H2,1-6H3/t17?,19?,20?,23?,27?,28?,29-,30?/m1/s1. The van der Waals surface area contributed by atoms with E-state index in [9.17, 15) is 19.6 Å². The average Bonchev–Trinajstić information content (AvgIpc) is 2.77. The van der Waals surface area contributed by atoms with Crippen LogP contribution in [0.2, 0.25) is 0 Å². The lowest BCUT2D eigenvalue weighted by Gasteiger charge is -2.68. The van der Waals surface area contributed by atoms with Crippen molar-refractivity contribution in [3.05, 3.63) is 23.3 Å².